The third-order valence-electron chi connectivity index (χ3n) is 4.45. The summed E-state index contributed by atoms with van der Waals surface area (Å²) in [5, 5.41) is 3.51. The molecule has 1 aromatic rings. The van der Waals surface area contributed by atoms with Crippen molar-refractivity contribution >= 4 is 0 Å². The van der Waals surface area contributed by atoms with Gasteiger partial charge >= 0.3 is 0 Å². The van der Waals surface area contributed by atoms with Crippen LogP contribution < -0.4 is 5.32 Å². The van der Waals surface area contributed by atoms with Crippen LogP contribution in [0.2, 0.25) is 0 Å². The number of nitrogens with one attached hydrogen (secondary N) is 1. The molecule has 0 aliphatic rings. The first-order chi connectivity index (χ1) is 9.60. The van der Waals surface area contributed by atoms with Crippen LogP contribution in [0.1, 0.15) is 80.2 Å². The number of hydrogen-bond donors (Lipinski definition) is 1. The van der Waals surface area contributed by atoms with Gasteiger partial charge in [-0.05, 0) is 56.5 Å². The molecule has 0 fully saturated rings. The molecule has 1 unspecified atom stereocenters. The molecule has 1 rings (SSSR count). The molecule has 0 heterocycles. The average Bonchev–Trinajstić information content (AvgIpc) is 2.43. The van der Waals surface area contributed by atoms with E-state index >= 15 is 0 Å². The van der Waals surface area contributed by atoms with Gasteiger partial charge in [0, 0.05) is 6.04 Å². The number of rotatable bonds is 9. The molecule has 114 valence electrons. The minimum absolute atomic E-state index is 0.514. The predicted molar refractivity (Wildman–Crippen MR) is 90.4 cm³/mol. The summed E-state index contributed by atoms with van der Waals surface area (Å²) in [5.41, 5.74) is 5.73. The van der Waals surface area contributed by atoms with E-state index in [-0.39, 0.29) is 0 Å². The van der Waals surface area contributed by atoms with Crippen molar-refractivity contribution in [2.45, 2.75) is 78.7 Å². The second-order valence-corrected chi connectivity index (χ2v) is 6.19. The summed E-state index contributed by atoms with van der Waals surface area (Å²) >= 11 is 0. The highest BCUT2D eigenvalue weighted by atomic mass is 14.9. The minimum atomic E-state index is 0.514. The maximum atomic E-state index is 3.51. The molecule has 20 heavy (non-hydrogen) atoms. The predicted octanol–water partition coefficient (Wildman–Crippen LogP) is 5.62. The summed E-state index contributed by atoms with van der Waals surface area (Å²) in [6.45, 7) is 8.94. The zero-order valence-corrected chi connectivity index (χ0v) is 14.2. The first-order valence-corrected chi connectivity index (χ1v) is 8.35. The highest BCUT2D eigenvalue weighted by Crippen LogP contribution is 2.25. The molecule has 1 nitrogen and oxygen atoms in total. The van der Waals surface area contributed by atoms with Crippen LogP contribution in [0, 0.1) is 20.8 Å². The van der Waals surface area contributed by atoms with E-state index in [0.29, 0.717) is 6.04 Å². The van der Waals surface area contributed by atoms with Crippen molar-refractivity contribution in [3.05, 3.63) is 34.4 Å². The van der Waals surface area contributed by atoms with Crippen molar-refractivity contribution < 1.29 is 0 Å². The molecule has 0 amide bonds. The fourth-order valence-electron chi connectivity index (χ4n) is 2.94. The van der Waals surface area contributed by atoms with Gasteiger partial charge in [-0.1, -0.05) is 57.6 Å². The van der Waals surface area contributed by atoms with E-state index in [4.69, 9.17) is 0 Å². The Balaban J connectivity index is 2.52. The van der Waals surface area contributed by atoms with E-state index in [1.807, 2.05) is 0 Å². The molecule has 1 aromatic carbocycles. The van der Waals surface area contributed by atoms with Gasteiger partial charge in [0.2, 0.25) is 0 Å². The Labute approximate surface area is 126 Å². The van der Waals surface area contributed by atoms with Gasteiger partial charge in [0.25, 0.3) is 0 Å². The molecule has 0 saturated heterocycles. The van der Waals surface area contributed by atoms with Gasteiger partial charge in [0.15, 0.2) is 0 Å². The standard InChI is InChI=1S/C19H33N/c1-6-7-8-9-10-11-12-19(20-5)18-14-16(3)15(2)13-17(18)4/h13-14,19-20H,6-12H2,1-5H3. The van der Waals surface area contributed by atoms with Crippen molar-refractivity contribution in [2.24, 2.45) is 0 Å². The van der Waals surface area contributed by atoms with Crippen LogP contribution in [0.4, 0.5) is 0 Å². The Hall–Kier alpha value is -0.820. The topological polar surface area (TPSA) is 12.0 Å². The van der Waals surface area contributed by atoms with Crippen LogP contribution in [0.5, 0.6) is 0 Å². The molecule has 0 aliphatic carbocycles. The maximum absolute atomic E-state index is 3.51. The van der Waals surface area contributed by atoms with Crippen molar-refractivity contribution in [1.82, 2.24) is 5.32 Å². The number of unbranched alkanes of at least 4 members (excludes halogenated alkanes) is 5. The van der Waals surface area contributed by atoms with Crippen LogP contribution in [-0.4, -0.2) is 7.05 Å². The largest absolute Gasteiger partial charge is 0.313 e. The summed E-state index contributed by atoms with van der Waals surface area (Å²) in [6.07, 6.45) is 9.50. The number of aryl methyl sites for hydroxylation is 3. The first kappa shape index (κ1) is 17.2. The van der Waals surface area contributed by atoms with Gasteiger partial charge < -0.3 is 5.32 Å². The molecule has 1 atom stereocenters. The van der Waals surface area contributed by atoms with Crippen LogP contribution in [0.15, 0.2) is 12.1 Å². The molecular weight excluding hydrogens is 242 g/mol. The molecule has 0 bridgehead atoms. The quantitative estimate of drug-likeness (QED) is 0.576. The summed E-state index contributed by atoms with van der Waals surface area (Å²) < 4.78 is 0. The third kappa shape index (κ3) is 5.28. The summed E-state index contributed by atoms with van der Waals surface area (Å²) in [6, 6.07) is 5.22. The molecule has 0 saturated carbocycles. The summed E-state index contributed by atoms with van der Waals surface area (Å²) in [4.78, 5) is 0. The van der Waals surface area contributed by atoms with Gasteiger partial charge in [-0.3, -0.25) is 0 Å². The van der Waals surface area contributed by atoms with Gasteiger partial charge in [0.05, 0.1) is 0 Å². The van der Waals surface area contributed by atoms with Gasteiger partial charge in [0.1, 0.15) is 0 Å². The summed E-state index contributed by atoms with van der Waals surface area (Å²) in [7, 11) is 2.09. The van der Waals surface area contributed by atoms with Crippen LogP contribution >= 0.6 is 0 Å². The normalized spacial score (nSPS) is 12.7. The van der Waals surface area contributed by atoms with E-state index in [9.17, 15) is 0 Å². The lowest BCUT2D eigenvalue weighted by molar-refractivity contribution is 0.496. The van der Waals surface area contributed by atoms with E-state index in [1.165, 1.54) is 67.2 Å². The highest BCUT2D eigenvalue weighted by molar-refractivity contribution is 5.38. The van der Waals surface area contributed by atoms with E-state index in [0.717, 1.165) is 0 Å². The maximum Gasteiger partial charge on any atom is 0.0320 e. The Morgan fingerprint density at radius 1 is 0.850 bits per heavy atom. The molecular formula is C19H33N. The monoisotopic (exact) mass is 275 g/mol. The zero-order valence-electron chi connectivity index (χ0n) is 14.2. The molecule has 1 heteroatoms. The van der Waals surface area contributed by atoms with E-state index < -0.39 is 0 Å². The van der Waals surface area contributed by atoms with E-state index in [2.05, 4.69) is 52.2 Å². The molecule has 0 radical (unpaired) electrons. The third-order valence-corrected chi connectivity index (χ3v) is 4.45. The smallest absolute Gasteiger partial charge is 0.0320 e. The lowest BCUT2D eigenvalue weighted by Crippen LogP contribution is -2.17. The number of hydrogen-bond acceptors (Lipinski definition) is 1. The van der Waals surface area contributed by atoms with E-state index in [1.54, 1.807) is 0 Å². The van der Waals surface area contributed by atoms with Crippen molar-refractivity contribution in [3.8, 4) is 0 Å². The van der Waals surface area contributed by atoms with Crippen molar-refractivity contribution in [3.63, 3.8) is 0 Å². The lowest BCUT2D eigenvalue weighted by atomic mass is 9.92. The number of benzene rings is 1. The minimum Gasteiger partial charge on any atom is -0.313 e. The lowest BCUT2D eigenvalue weighted by Gasteiger charge is -2.20. The first-order valence-electron chi connectivity index (χ1n) is 8.35. The molecule has 0 spiro atoms. The molecule has 0 aromatic heterocycles. The van der Waals surface area contributed by atoms with Gasteiger partial charge in [-0.2, -0.15) is 0 Å². The highest BCUT2D eigenvalue weighted by Gasteiger charge is 2.12. The van der Waals surface area contributed by atoms with Crippen LogP contribution in [0.25, 0.3) is 0 Å². The molecule has 1 N–H and O–H groups in total. The van der Waals surface area contributed by atoms with Crippen LogP contribution in [0.3, 0.4) is 0 Å². The second-order valence-electron chi connectivity index (χ2n) is 6.19. The fourth-order valence-corrected chi connectivity index (χ4v) is 2.94. The summed E-state index contributed by atoms with van der Waals surface area (Å²) in [5.74, 6) is 0. The zero-order chi connectivity index (χ0) is 15.0. The second kappa shape index (κ2) is 9.18. The Morgan fingerprint density at radius 2 is 1.45 bits per heavy atom. The Kier molecular flexibility index (Phi) is 7.91. The molecule has 0 aliphatic heterocycles. The SMILES string of the molecule is CCCCCCCCC(NC)c1cc(C)c(C)cc1C. The van der Waals surface area contributed by atoms with Crippen molar-refractivity contribution in [2.75, 3.05) is 7.05 Å². The Morgan fingerprint density at radius 3 is 2.10 bits per heavy atom. The van der Waals surface area contributed by atoms with Gasteiger partial charge in [-0.15, -0.1) is 0 Å². The fraction of sp³-hybridized carbons (Fsp3) is 0.684. The van der Waals surface area contributed by atoms with Gasteiger partial charge in [-0.25, -0.2) is 0 Å². The van der Waals surface area contributed by atoms with Crippen molar-refractivity contribution in [1.29, 1.82) is 0 Å². The van der Waals surface area contributed by atoms with Crippen LogP contribution in [-0.2, 0) is 0 Å². The Bertz CT molecular complexity index is 395. The average molecular weight is 275 g/mol.